The minimum Gasteiger partial charge on any atom is -0.492 e. The molecule has 0 saturated heterocycles. The van der Waals surface area contributed by atoms with Crippen LogP contribution in [0.4, 0.5) is 0 Å². The van der Waals surface area contributed by atoms with E-state index in [1.165, 1.54) is 19.3 Å². The number of oxime groups is 1. The van der Waals surface area contributed by atoms with Gasteiger partial charge in [0.15, 0.2) is 6.10 Å². The molecule has 192 valence electrons. The maximum atomic E-state index is 11.3. The van der Waals surface area contributed by atoms with Gasteiger partial charge in [0.25, 0.3) is 0 Å². The molecule has 0 aliphatic heterocycles. The van der Waals surface area contributed by atoms with E-state index in [-0.39, 0.29) is 0 Å². The van der Waals surface area contributed by atoms with E-state index in [4.69, 9.17) is 19.3 Å². The monoisotopic (exact) mass is 493 g/mol. The summed E-state index contributed by atoms with van der Waals surface area (Å²) < 4.78 is 13.3. The number of fused-ring (bicyclic) bond motifs is 1. The van der Waals surface area contributed by atoms with Gasteiger partial charge in [-0.25, -0.2) is 9.78 Å². The summed E-state index contributed by atoms with van der Waals surface area (Å²) in [7, 11) is 1.59. The van der Waals surface area contributed by atoms with Crippen molar-refractivity contribution in [2.45, 2.75) is 58.1 Å². The lowest BCUT2D eigenvalue weighted by Gasteiger charge is -2.22. The quantitative estimate of drug-likeness (QED) is 0.279. The topological polar surface area (TPSA) is 95.2 Å². The first-order chi connectivity index (χ1) is 17.6. The van der Waals surface area contributed by atoms with Crippen molar-refractivity contribution < 1.29 is 24.2 Å². The summed E-state index contributed by atoms with van der Waals surface area (Å²) in [5, 5.41) is 14.7. The SMILES string of the molecule is CCO[C@@H](Cc1ccc(OCCn2ccc3ccc(C(=NOC)C4CCCCC4)nc32)cc1)C(=O)O. The molecule has 0 bridgehead atoms. The van der Waals surface area contributed by atoms with Crippen molar-refractivity contribution in [3.8, 4) is 5.75 Å². The van der Waals surface area contributed by atoms with Gasteiger partial charge in [0.2, 0.25) is 0 Å². The number of pyridine rings is 1. The fraction of sp³-hybridized carbons (Fsp3) is 0.464. The summed E-state index contributed by atoms with van der Waals surface area (Å²) >= 11 is 0. The van der Waals surface area contributed by atoms with Crippen LogP contribution in [0.15, 0.2) is 53.8 Å². The predicted octanol–water partition coefficient (Wildman–Crippen LogP) is 5.08. The lowest BCUT2D eigenvalue weighted by Crippen LogP contribution is -2.26. The fourth-order valence-electron chi connectivity index (χ4n) is 4.80. The van der Waals surface area contributed by atoms with E-state index in [1.807, 2.05) is 36.5 Å². The number of aliphatic carboxylic acids is 1. The summed E-state index contributed by atoms with van der Waals surface area (Å²) in [4.78, 5) is 21.5. The molecule has 2 heterocycles. The van der Waals surface area contributed by atoms with Crippen LogP contribution in [0.1, 0.15) is 50.3 Å². The fourth-order valence-corrected chi connectivity index (χ4v) is 4.80. The summed E-state index contributed by atoms with van der Waals surface area (Å²) in [6.45, 7) is 3.28. The van der Waals surface area contributed by atoms with Crippen LogP contribution in [0.5, 0.6) is 5.75 Å². The molecule has 0 spiro atoms. The summed E-state index contributed by atoms with van der Waals surface area (Å²) in [6, 6.07) is 13.7. The van der Waals surface area contributed by atoms with Gasteiger partial charge in [-0.2, -0.15) is 0 Å². The molecule has 3 aromatic rings. The summed E-state index contributed by atoms with van der Waals surface area (Å²) in [6.07, 6.45) is 7.48. The van der Waals surface area contributed by atoms with Gasteiger partial charge in [0.05, 0.1) is 12.2 Å². The Balaban J connectivity index is 1.39. The minimum atomic E-state index is -0.952. The Kier molecular flexibility index (Phi) is 8.95. The van der Waals surface area contributed by atoms with Crippen molar-refractivity contribution in [1.29, 1.82) is 0 Å². The Morgan fingerprint density at radius 3 is 2.61 bits per heavy atom. The highest BCUT2D eigenvalue weighted by molar-refractivity contribution is 6.01. The average molecular weight is 494 g/mol. The van der Waals surface area contributed by atoms with E-state index in [2.05, 4.69) is 21.9 Å². The second-order valence-corrected chi connectivity index (χ2v) is 9.09. The molecule has 8 heteroatoms. The molecule has 2 aromatic heterocycles. The van der Waals surface area contributed by atoms with E-state index < -0.39 is 12.1 Å². The van der Waals surface area contributed by atoms with Crippen molar-refractivity contribution in [3.63, 3.8) is 0 Å². The lowest BCUT2D eigenvalue weighted by molar-refractivity contribution is -0.149. The van der Waals surface area contributed by atoms with Crippen LogP contribution >= 0.6 is 0 Å². The number of hydrogen-bond acceptors (Lipinski definition) is 6. The maximum Gasteiger partial charge on any atom is 0.333 e. The van der Waals surface area contributed by atoms with Crippen LogP contribution in [0.25, 0.3) is 11.0 Å². The number of aromatic nitrogens is 2. The van der Waals surface area contributed by atoms with Crippen LogP contribution in [-0.4, -0.2) is 52.8 Å². The van der Waals surface area contributed by atoms with Gasteiger partial charge in [-0.05, 0) is 55.7 Å². The first-order valence-electron chi connectivity index (χ1n) is 12.7. The molecular weight excluding hydrogens is 458 g/mol. The van der Waals surface area contributed by atoms with Crippen LogP contribution in [0, 0.1) is 5.92 Å². The molecular formula is C28H35N3O5. The number of benzene rings is 1. The molecule has 1 saturated carbocycles. The first-order valence-corrected chi connectivity index (χ1v) is 12.7. The second-order valence-electron chi connectivity index (χ2n) is 9.09. The van der Waals surface area contributed by atoms with Crippen LogP contribution in [-0.2, 0) is 27.3 Å². The van der Waals surface area contributed by atoms with E-state index >= 15 is 0 Å². The van der Waals surface area contributed by atoms with Crippen molar-refractivity contribution in [1.82, 2.24) is 9.55 Å². The molecule has 1 aliphatic rings. The van der Waals surface area contributed by atoms with Crippen molar-refractivity contribution in [2.75, 3.05) is 20.3 Å². The van der Waals surface area contributed by atoms with Gasteiger partial charge in [-0.3, -0.25) is 0 Å². The highest BCUT2D eigenvalue weighted by Crippen LogP contribution is 2.28. The molecule has 0 amide bonds. The summed E-state index contributed by atoms with van der Waals surface area (Å²) in [5.41, 5.74) is 3.61. The smallest absolute Gasteiger partial charge is 0.333 e. The number of carboxylic acid groups (broad SMARTS) is 1. The highest BCUT2D eigenvalue weighted by atomic mass is 16.6. The van der Waals surface area contributed by atoms with Gasteiger partial charge in [0.1, 0.15) is 30.8 Å². The highest BCUT2D eigenvalue weighted by Gasteiger charge is 2.23. The molecule has 1 atom stereocenters. The van der Waals surface area contributed by atoms with Gasteiger partial charge in [-0.1, -0.05) is 36.6 Å². The van der Waals surface area contributed by atoms with E-state index in [0.717, 1.165) is 46.6 Å². The third kappa shape index (κ3) is 6.43. The normalized spacial score (nSPS) is 15.7. The summed E-state index contributed by atoms with van der Waals surface area (Å²) in [5.74, 6) is 0.170. The molecule has 1 aromatic carbocycles. The van der Waals surface area contributed by atoms with E-state index in [0.29, 0.717) is 32.1 Å². The van der Waals surface area contributed by atoms with Crippen LogP contribution < -0.4 is 4.74 Å². The number of carboxylic acids is 1. The Labute approximate surface area is 211 Å². The predicted molar refractivity (Wildman–Crippen MR) is 139 cm³/mol. The Morgan fingerprint density at radius 1 is 1.14 bits per heavy atom. The number of ether oxygens (including phenoxy) is 2. The number of carbonyl (C=O) groups is 1. The van der Waals surface area contributed by atoms with Crippen molar-refractivity contribution in [3.05, 3.63) is 59.9 Å². The molecule has 36 heavy (non-hydrogen) atoms. The van der Waals surface area contributed by atoms with Crippen molar-refractivity contribution >= 4 is 22.7 Å². The van der Waals surface area contributed by atoms with E-state index in [1.54, 1.807) is 14.0 Å². The molecule has 1 N–H and O–H groups in total. The van der Waals surface area contributed by atoms with Gasteiger partial charge in [-0.15, -0.1) is 0 Å². The number of hydrogen-bond donors (Lipinski definition) is 1. The molecule has 8 nitrogen and oxygen atoms in total. The van der Waals surface area contributed by atoms with Crippen molar-refractivity contribution in [2.24, 2.45) is 11.1 Å². The maximum absolute atomic E-state index is 11.3. The number of rotatable bonds is 12. The first kappa shape index (κ1) is 25.7. The molecule has 0 unspecified atom stereocenters. The van der Waals surface area contributed by atoms with Crippen LogP contribution in [0.2, 0.25) is 0 Å². The largest absolute Gasteiger partial charge is 0.492 e. The zero-order valence-corrected chi connectivity index (χ0v) is 21.1. The minimum absolute atomic E-state index is 0.321. The molecule has 1 fully saturated rings. The Hall–Kier alpha value is -3.39. The standard InChI is InChI=1S/C28H35N3O5/c1-3-35-25(28(32)33)19-20-9-12-23(13-10-20)36-18-17-31-16-15-22-11-14-24(29-27(22)31)26(30-34-2)21-7-5-4-6-8-21/h9-16,21,25H,3-8,17-19H2,1-2H3,(H,32,33)/t25-/m0/s1. The zero-order chi connectivity index (χ0) is 25.3. The Bertz CT molecular complexity index is 1170. The zero-order valence-electron chi connectivity index (χ0n) is 21.1. The molecule has 0 radical (unpaired) electrons. The van der Waals surface area contributed by atoms with Gasteiger partial charge < -0.3 is 24.0 Å². The lowest BCUT2D eigenvalue weighted by atomic mass is 9.84. The second kappa shape index (κ2) is 12.5. The third-order valence-electron chi connectivity index (χ3n) is 6.64. The third-order valence-corrected chi connectivity index (χ3v) is 6.64. The molecule has 4 rings (SSSR count). The Morgan fingerprint density at radius 2 is 1.92 bits per heavy atom. The molecule has 1 aliphatic carbocycles. The average Bonchev–Trinajstić information content (AvgIpc) is 3.30. The number of nitrogens with zero attached hydrogens (tertiary/aromatic N) is 3. The van der Waals surface area contributed by atoms with Gasteiger partial charge in [0, 0.05) is 30.5 Å². The van der Waals surface area contributed by atoms with E-state index in [9.17, 15) is 9.90 Å². The van der Waals surface area contributed by atoms with Gasteiger partial charge >= 0.3 is 5.97 Å². The van der Waals surface area contributed by atoms with Crippen LogP contribution in [0.3, 0.4) is 0 Å².